The first kappa shape index (κ1) is 16.8. The molecule has 0 N–H and O–H groups in total. The highest BCUT2D eigenvalue weighted by molar-refractivity contribution is 7.25. The van der Waals surface area contributed by atoms with Crippen molar-refractivity contribution in [3.63, 3.8) is 0 Å². The normalized spacial score (nSPS) is 11.7. The van der Waals surface area contributed by atoms with Crippen LogP contribution in [0.2, 0.25) is 0 Å². The van der Waals surface area contributed by atoms with Gasteiger partial charge in [-0.3, -0.25) is 9.36 Å². The topological polar surface area (TPSA) is 63.9 Å². The van der Waals surface area contributed by atoms with Crippen molar-refractivity contribution in [2.45, 2.75) is 13.5 Å². The van der Waals surface area contributed by atoms with E-state index in [1.807, 2.05) is 56.3 Å². The van der Waals surface area contributed by atoms with Gasteiger partial charge >= 0.3 is 0 Å². The molecule has 26 heavy (non-hydrogen) atoms. The van der Waals surface area contributed by atoms with Crippen molar-refractivity contribution in [3.8, 4) is 11.4 Å². The SMILES string of the molecule is Cc1nc(-c2ccccc2)nc2sc3c(=O)n(CCN(C)C)cnc3c12. The number of aromatic nitrogens is 4. The summed E-state index contributed by atoms with van der Waals surface area (Å²) in [4.78, 5) is 29.6. The number of aryl methyl sites for hydroxylation is 1. The lowest BCUT2D eigenvalue weighted by atomic mass is 10.2. The highest BCUT2D eigenvalue weighted by Gasteiger charge is 2.16. The van der Waals surface area contributed by atoms with Crippen molar-refractivity contribution in [3.05, 3.63) is 52.7 Å². The number of thiophene rings is 1. The van der Waals surface area contributed by atoms with Crippen molar-refractivity contribution in [2.75, 3.05) is 20.6 Å². The third kappa shape index (κ3) is 2.89. The fourth-order valence-corrected chi connectivity index (χ4v) is 4.04. The maximum Gasteiger partial charge on any atom is 0.271 e. The van der Waals surface area contributed by atoms with Crippen LogP contribution in [-0.4, -0.2) is 45.1 Å². The smallest absolute Gasteiger partial charge is 0.271 e. The first-order valence-corrected chi connectivity index (χ1v) is 9.22. The highest BCUT2D eigenvalue weighted by atomic mass is 32.1. The molecular formula is C19H19N5OS. The number of rotatable bonds is 4. The van der Waals surface area contributed by atoms with E-state index in [9.17, 15) is 4.79 Å². The van der Waals surface area contributed by atoms with Crippen molar-refractivity contribution in [2.24, 2.45) is 0 Å². The van der Waals surface area contributed by atoms with Gasteiger partial charge in [-0.2, -0.15) is 0 Å². The molecule has 0 unspecified atom stereocenters. The van der Waals surface area contributed by atoms with Crippen molar-refractivity contribution in [1.29, 1.82) is 0 Å². The molecule has 6 nitrogen and oxygen atoms in total. The molecule has 0 aliphatic carbocycles. The summed E-state index contributed by atoms with van der Waals surface area (Å²) >= 11 is 1.40. The van der Waals surface area contributed by atoms with Gasteiger partial charge in [-0.1, -0.05) is 30.3 Å². The Bertz CT molecular complexity index is 1150. The Morgan fingerprint density at radius 3 is 2.65 bits per heavy atom. The van der Waals surface area contributed by atoms with E-state index in [4.69, 9.17) is 4.98 Å². The third-order valence-corrected chi connectivity index (χ3v) is 5.37. The van der Waals surface area contributed by atoms with Crippen LogP contribution in [0.25, 0.3) is 31.8 Å². The van der Waals surface area contributed by atoms with Gasteiger partial charge in [-0.25, -0.2) is 15.0 Å². The molecule has 0 aliphatic rings. The number of fused-ring (bicyclic) bond motifs is 3. The van der Waals surface area contributed by atoms with Crippen molar-refractivity contribution >= 4 is 31.8 Å². The monoisotopic (exact) mass is 365 g/mol. The summed E-state index contributed by atoms with van der Waals surface area (Å²) < 4.78 is 2.31. The minimum Gasteiger partial charge on any atom is -0.308 e. The predicted octanol–water partition coefficient (Wildman–Crippen LogP) is 2.94. The number of nitrogens with zero attached hydrogens (tertiary/aromatic N) is 5. The Kier molecular flexibility index (Phi) is 4.26. The molecule has 0 saturated carbocycles. The Hall–Kier alpha value is -2.64. The van der Waals surface area contributed by atoms with Crippen molar-refractivity contribution < 1.29 is 0 Å². The number of benzene rings is 1. The van der Waals surface area contributed by atoms with Crippen molar-refractivity contribution in [1.82, 2.24) is 24.4 Å². The molecule has 0 fully saturated rings. The maximum absolute atomic E-state index is 12.8. The van der Waals surface area contributed by atoms with E-state index in [1.165, 1.54) is 11.3 Å². The minimum absolute atomic E-state index is 0.0134. The zero-order valence-corrected chi connectivity index (χ0v) is 15.7. The number of hydrogen-bond donors (Lipinski definition) is 0. The van der Waals surface area contributed by atoms with E-state index >= 15 is 0 Å². The molecule has 3 aromatic heterocycles. The van der Waals surface area contributed by atoms with Gasteiger partial charge in [0, 0.05) is 18.7 Å². The molecule has 0 amide bonds. The Labute approximate surface area is 154 Å². The van der Waals surface area contributed by atoms with Gasteiger partial charge in [0.15, 0.2) is 5.82 Å². The summed E-state index contributed by atoms with van der Waals surface area (Å²) in [7, 11) is 3.97. The number of likely N-dealkylation sites (N-methyl/N-ethyl adjacent to an activating group) is 1. The van der Waals surface area contributed by atoms with Crippen LogP contribution in [0.15, 0.2) is 41.5 Å². The summed E-state index contributed by atoms with van der Waals surface area (Å²) in [6.45, 7) is 3.35. The quantitative estimate of drug-likeness (QED) is 0.556. The van der Waals surface area contributed by atoms with E-state index in [0.717, 1.165) is 28.0 Å². The van der Waals surface area contributed by atoms with E-state index in [1.54, 1.807) is 10.9 Å². The van der Waals surface area contributed by atoms with Crippen LogP contribution >= 0.6 is 11.3 Å². The molecule has 0 spiro atoms. The fourth-order valence-electron chi connectivity index (χ4n) is 2.91. The first-order chi connectivity index (χ1) is 12.5. The highest BCUT2D eigenvalue weighted by Crippen LogP contribution is 2.32. The lowest BCUT2D eigenvalue weighted by molar-refractivity contribution is 0.380. The van der Waals surface area contributed by atoms with Gasteiger partial charge in [0.25, 0.3) is 5.56 Å². The Morgan fingerprint density at radius 2 is 1.92 bits per heavy atom. The molecule has 4 aromatic rings. The van der Waals surface area contributed by atoms with Crippen LogP contribution in [0.5, 0.6) is 0 Å². The number of hydrogen-bond acceptors (Lipinski definition) is 6. The summed E-state index contributed by atoms with van der Waals surface area (Å²) in [5.41, 5.74) is 2.50. The molecular weight excluding hydrogens is 346 g/mol. The Balaban J connectivity index is 1.89. The van der Waals surface area contributed by atoms with Gasteiger partial charge in [0.2, 0.25) is 0 Å². The molecule has 0 aliphatic heterocycles. The second kappa shape index (κ2) is 6.59. The lowest BCUT2D eigenvalue weighted by Crippen LogP contribution is -2.26. The molecule has 3 heterocycles. The van der Waals surface area contributed by atoms with E-state index < -0.39 is 0 Å². The molecule has 7 heteroatoms. The summed E-state index contributed by atoms with van der Waals surface area (Å²) in [5, 5.41) is 0.876. The van der Waals surface area contributed by atoms with E-state index in [-0.39, 0.29) is 5.56 Å². The van der Waals surface area contributed by atoms with Gasteiger partial charge in [0.1, 0.15) is 9.53 Å². The van der Waals surface area contributed by atoms with Crippen LogP contribution < -0.4 is 5.56 Å². The zero-order valence-electron chi connectivity index (χ0n) is 14.9. The second-order valence-corrected chi connectivity index (χ2v) is 7.50. The summed E-state index contributed by atoms with van der Waals surface area (Å²) in [6, 6.07) is 9.87. The fraction of sp³-hybridized carbons (Fsp3) is 0.263. The zero-order chi connectivity index (χ0) is 18.3. The van der Waals surface area contributed by atoms with Crippen LogP contribution in [-0.2, 0) is 6.54 Å². The van der Waals surface area contributed by atoms with Crippen LogP contribution in [0, 0.1) is 6.92 Å². The summed E-state index contributed by atoms with van der Waals surface area (Å²) in [5.74, 6) is 0.676. The Morgan fingerprint density at radius 1 is 1.15 bits per heavy atom. The molecule has 4 rings (SSSR count). The van der Waals surface area contributed by atoms with Gasteiger partial charge < -0.3 is 4.90 Å². The lowest BCUT2D eigenvalue weighted by Gasteiger charge is -2.10. The molecule has 0 atom stereocenters. The average molecular weight is 365 g/mol. The van der Waals surface area contributed by atoms with Crippen LogP contribution in [0.1, 0.15) is 5.69 Å². The predicted molar refractivity (Wildman–Crippen MR) is 106 cm³/mol. The molecule has 0 saturated heterocycles. The minimum atomic E-state index is -0.0134. The molecule has 0 radical (unpaired) electrons. The van der Waals surface area contributed by atoms with Gasteiger partial charge in [-0.15, -0.1) is 11.3 Å². The first-order valence-electron chi connectivity index (χ1n) is 8.41. The van der Waals surface area contributed by atoms with Crippen LogP contribution in [0.4, 0.5) is 0 Å². The van der Waals surface area contributed by atoms with Gasteiger partial charge in [0.05, 0.1) is 22.9 Å². The molecule has 1 aromatic carbocycles. The summed E-state index contributed by atoms with van der Waals surface area (Å²) in [6.07, 6.45) is 1.63. The molecule has 132 valence electrons. The average Bonchev–Trinajstić information content (AvgIpc) is 3.02. The maximum atomic E-state index is 12.8. The third-order valence-electron chi connectivity index (χ3n) is 4.31. The second-order valence-electron chi connectivity index (χ2n) is 6.50. The molecule has 0 bridgehead atoms. The van der Waals surface area contributed by atoms with E-state index in [2.05, 4.69) is 9.97 Å². The van der Waals surface area contributed by atoms with Gasteiger partial charge in [-0.05, 0) is 21.0 Å². The van der Waals surface area contributed by atoms with Crippen LogP contribution in [0.3, 0.4) is 0 Å². The largest absolute Gasteiger partial charge is 0.308 e. The standard InChI is InChI=1S/C19H19N5OS/c1-12-14-15-16(19(25)24(11-20-15)10-9-23(2)3)26-18(14)22-17(21-12)13-7-5-4-6-8-13/h4-8,11H,9-10H2,1-3H3. The van der Waals surface area contributed by atoms with E-state index in [0.29, 0.717) is 22.6 Å².